The summed E-state index contributed by atoms with van der Waals surface area (Å²) in [7, 11) is 0. The Balaban J connectivity index is 1.93. The molecule has 7 heteroatoms. The second-order valence-electron chi connectivity index (χ2n) is 6.22. The average molecular weight is 394 g/mol. The van der Waals surface area contributed by atoms with E-state index in [1.807, 2.05) is 13.8 Å². The van der Waals surface area contributed by atoms with Gasteiger partial charge in [-0.15, -0.1) is 0 Å². The average Bonchev–Trinajstić information content (AvgIpc) is 2.62. The molecule has 2 aromatic carbocycles. The van der Waals surface area contributed by atoms with Crippen molar-refractivity contribution in [3.8, 4) is 0 Å². The van der Waals surface area contributed by atoms with Crippen LogP contribution < -0.4 is 5.32 Å². The van der Waals surface area contributed by atoms with Gasteiger partial charge in [0.25, 0.3) is 5.91 Å². The molecule has 0 saturated heterocycles. The Morgan fingerprint density at radius 3 is 2.37 bits per heavy atom. The molecule has 0 aliphatic carbocycles. The van der Waals surface area contributed by atoms with E-state index in [1.54, 1.807) is 24.3 Å². The molecule has 2 rings (SSSR count). The van der Waals surface area contributed by atoms with Crippen LogP contribution in [0.2, 0.25) is 5.02 Å². The van der Waals surface area contributed by atoms with Gasteiger partial charge in [0.15, 0.2) is 6.10 Å². The van der Waals surface area contributed by atoms with Crippen LogP contribution in [0.15, 0.2) is 42.5 Å². The van der Waals surface area contributed by atoms with Gasteiger partial charge in [0.2, 0.25) is 0 Å². The van der Waals surface area contributed by atoms with Crippen LogP contribution in [-0.4, -0.2) is 24.1 Å². The maximum absolute atomic E-state index is 13.0. The lowest BCUT2D eigenvalue weighted by atomic mass is 10.1. The second kappa shape index (κ2) is 9.48. The number of nitrogens with one attached hydrogen (secondary N) is 1. The van der Waals surface area contributed by atoms with Crippen LogP contribution in [0.25, 0.3) is 0 Å². The van der Waals surface area contributed by atoms with E-state index in [0.717, 1.165) is 11.6 Å². The predicted molar refractivity (Wildman–Crippen MR) is 101 cm³/mol. The maximum atomic E-state index is 13.0. The minimum Gasteiger partial charge on any atom is -0.449 e. The van der Waals surface area contributed by atoms with Crippen molar-refractivity contribution in [3.05, 3.63) is 64.4 Å². The Bertz CT molecular complexity index is 808. The van der Waals surface area contributed by atoms with Gasteiger partial charge in [-0.2, -0.15) is 0 Å². The van der Waals surface area contributed by atoms with Crippen molar-refractivity contribution in [2.45, 2.75) is 39.6 Å². The smallest absolute Gasteiger partial charge is 0.338 e. The van der Waals surface area contributed by atoms with Gasteiger partial charge in [-0.3, -0.25) is 4.79 Å². The summed E-state index contributed by atoms with van der Waals surface area (Å²) in [6.45, 7) is 5.77. The van der Waals surface area contributed by atoms with E-state index < -0.39 is 23.8 Å². The van der Waals surface area contributed by atoms with Crippen LogP contribution in [0.3, 0.4) is 0 Å². The zero-order chi connectivity index (χ0) is 20.0. The molecule has 0 aliphatic heterocycles. The number of ether oxygens (including phenoxy) is 2. The summed E-state index contributed by atoms with van der Waals surface area (Å²) in [5, 5.41) is 2.56. The zero-order valence-corrected chi connectivity index (χ0v) is 16.0. The first kappa shape index (κ1) is 20.9. The Kier molecular flexibility index (Phi) is 7.33. The summed E-state index contributed by atoms with van der Waals surface area (Å²) in [5.74, 6) is -1.71. The standard InChI is InChI=1S/C20H21ClFNO4/c1-12(2)26-11-14-4-6-15(7-5-14)20(25)27-13(3)19(24)23-18-9-8-16(22)10-17(18)21/h4-10,12-13H,11H2,1-3H3,(H,23,24)/t13-/m1/s1. The predicted octanol–water partition coefficient (Wildman–Crippen LogP) is 4.59. The lowest BCUT2D eigenvalue weighted by Gasteiger charge is -2.14. The molecule has 2 aromatic rings. The molecular weight excluding hydrogens is 373 g/mol. The Morgan fingerprint density at radius 1 is 1.11 bits per heavy atom. The van der Waals surface area contributed by atoms with Crippen LogP contribution >= 0.6 is 11.6 Å². The molecule has 5 nitrogen and oxygen atoms in total. The van der Waals surface area contributed by atoms with Gasteiger partial charge in [-0.05, 0) is 56.7 Å². The van der Waals surface area contributed by atoms with Crippen molar-refractivity contribution in [2.24, 2.45) is 0 Å². The first-order valence-corrected chi connectivity index (χ1v) is 8.81. The molecule has 1 atom stereocenters. The van der Waals surface area contributed by atoms with Gasteiger partial charge in [0, 0.05) is 0 Å². The van der Waals surface area contributed by atoms with E-state index in [1.165, 1.54) is 19.1 Å². The molecule has 144 valence electrons. The molecule has 0 aromatic heterocycles. The van der Waals surface area contributed by atoms with Gasteiger partial charge in [-0.25, -0.2) is 9.18 Å². The topological polar surface area (TPSA) is 64.6 Å². The van der Waals surface area contributed by atoms with Crippen LogP contribution in [0.4, 0.5) is 10.1 Å². The molecule has 27 heavy (non-hydrogen) atoms. The van der Waals surface area contributed by atoms with Crippen molar-refractivity contribution in [2.75, 3.05) is 5.32 Å². The molecule has 0 radical (unpaired) electrons. The minimum absolute atomic E-state index is 0.0566. The third-order valence-corrected chi connectivity index (χ3v) is 3.93. The maximum Gasteiger partial charge on any atom is 0.338 e. The normalized spacial score (nSPS) is 11.9. The number of esters is 1. The quantitative estimate of drug-likeness (QED) is 0.699. The Labute approximate surface area is 162 Å². The Hall–Kier alpha value is -2.44. The fraction of sp³-hybridized carbons (Fsp3) is 0.300. The summed E-state index contributed by atoms with van der Waals surface area (Å²) in [5.41, 5.74) is 1.49. The van der Waals surface area contributed by atoms with Crippen LogP contribution in [0, 0.1) is 5.82 Å². The van der Waals surface area contributed by atoms with Crippen molar-refractivity contribution >= 4 is 29.2 Å². The first-order valence-electron chi connectivity index (χ1n) is 8.43. The number of hydrogen-bond acceptors (Lipinski definition) is 4. The summed E-state index contributed by atoms with van der Waals surface area (Å²) >= 11 is 5.87. The number of carbonyl (C=O) groups is 2. The van der Waals surface area contributed by atoms with Gasteiger partial charge in [-0.1, -0.05) is 23.7 Å². The Morgan fingerprint density at radius 2 is 1.78 bits per heavy atom. The van der Waals surface area contributed by atoms with E-state index in [2.05, 4.69) is 5.32 Å². The number of halogens is 2. The van der Waals surface area contributed by atoms with Crippen molar-refractivity contribution in [1.29, 1.82) is 0 Å². The highest BCUT2D eigenvalue weighted by Crippen LogP contribution is 2.22. The third-order valence-electron chi connectivity index (χ3n) is 3.62. The van der Waals surface area contributed by atoms with E-state index in [0.29, 0.717) is 12.2 Å². The van der Waals surface area contributed by atoms with Crippen molar-refractivity contribution in [3.63, 3.8) is 0 Å². The SMILES string of the molecule is CC(C)OCc1ccc(C(=O)O[C@H](C)C(=O)Nc2ccc(F)cc2Cl)cc1. The van der Waals surface area contributed by atoms with E-state index in [-0.39, 0.29) is 16.8 Å². The highest BCUT2D eigenvalue weighted by atomic mass is 35.5. The molecule has 0 unspecified atom stereocenters. The second-order valence-corrected chi connectivity index (χ2v) is 6.62. The number of rotatable bonds is 7. The van der Waals surface area contributed by atoms with Gasteiger partial charge in [0.1, 0.15) is 5.82 Å². The summed E-state index contributed by atoms with van der Waals surface area (Å²) in [4.78, 5) is 24.4. The number of carbonyl (C=O) groups excluding carboxylic acids is 2. The van der Waals surface area contributed by atoms with Crippen molar-refractivity contribution < 1.29 is 23.5 Å². The van der Waals surface area contributed by atoms with Crippen LogP contribution in [0.1, 0.15) is 36.7 Å². The molecular formula is C20H21ClFNO4. The zero-order valence-electron chi connectivity index (χ0n) is 15.3. The highest BCUT2D eigenvalue weighted by molar-refractivity contribution is 6.33. The van der Waals surface area contributed by atoms with Gasteiger partial charge < -0.3 is 14.8 Å². The van der Waals surface area contributed by atoms with Crippen LogP contribution in [-0.2, 0) is 20.9 Å². The summed E-state index contributed by atoms with van der Waals surface area (Å²) < 4.78 is 23.7. The lowest BCUT2D eigenvalue weighted by molar-refractivity contribution is -0.123. The summed E-state index contributed by atoms with van der Waals surface area (Å²) in [6, 6.07) is 10.3. The minimum atomic E-state index is -1.05. The highest BCUT2D eigenvalue weighted by Gasteiger charge is 2.20. The molecule has 0 aliphatic rings. The molecule has 1 amide bonds. The monoisotopic (exact) mass is 393 g/mol. The first-order chi connectivity index (χ1) is 12.8. The van der Waals surface area contributed by atoms with Gasteiger partial charge >= 0.3 is 5.97 Å². The number of benzene rings is 2. The number of amides is 1. The molecule has 0 saturated carbocycles. The molecule has 0 heterocycles. The molecule has 1 N–H and O–H groups in total. The largest absolute Gasteiger partial charge is 0.449 e. The van der Waals surface area contributed by atoms with Crippen LogP contribution in [0.5, 0.6) is 0 Å². The fourth-order valence-corrected chi connectivity index (χ4v) is 2.32. The third kappa shape index (κ3) is 6.34. The van der Waals surface area contributed by atoms with Gasteiger partial charge in [0.05, 0.1) is 29.0 Å². The number of anilines is 1. The van der Waals surface area contributed by atoms with E-state index in [9.17, 15) is 14.0 Å². The summed E-state index contributed by atoms with van der Waals surface area (Å²) in [6.07, 6.45) is -0.939. The number of hydrogen-bond donors (Lipinski definition) is 1. The lowest BCUT2D eigenvalue weighted by Crippen LogP contribution is -2.30. The van der Waals surface area contributed by atoms with Crippen molar-refractivity contribution in [1.82, 2.24) is 0 Å². The molecule has 0 fully saturated rings. The molecule has 0 spiro atoms. The van der Waals surface area contributed by atoms with E-state index in [4.69, 9.17) is 21.1 Å². The molecule has 0 bridgehead atoms. The van der Waals surface area contributed by atoms with E-state index >= 15 is 0 Å². The fourth-order valence-electron chi connectivity index (χ4n) is 2.11.